The van der Waals surface area contributed by atoms with Gasteiger partial charge in [-0.1, -0.05) is 25.9 Å². The summed E-state index contributed by atoms with van der Waals surface area (Å²) >= 11 is 0. The third-order valence-electron chi connectivity index (χ3n) is 4.24. The van der Waals surface area contributed by atoms with E-state index in [-0.39, 0.29) is 29.5 Å². The summed E-state index contributed by atoms with van der Waals surface area (Å²) in [6.07, 6.45) is 2.22. The van der Waals surface area contributed by atoms with Gasteiger partial charge in [0, 0.05) is 17.9 Å². The van der Waals surface area contributed by atoms with Crippen LogP contribution in [0.5, 0.6) is 5.75 Å². The van der Waals surface area contributed by atoms with Gasteiger partial charge in [-0.3, -0.25) is 19.8 Å². The molecule has 1 aliphatic heterocycles. The Balaban J connectivity index is 1.77. The molecule has 2 amide bonds. The maximum atomic E-state index is 12.7. The van der Waals surface area contributed by atoms with E-state index in [1.54, 1.807) is 18.2 Å². The van der Waals surface area contributed by atoms with Crippen LogP contribution in [0.25, 0.3) is 0 Å². The monoisotopic (exact) mass is 358 g/mol. The number of rotatable bonds is 4. The number of pyridine rings is 1. The quantitative estimate of drug-likeness (QED) is 0.902. The Bertz CT molecular complexity index is 807. The molecule has 8 heteroatoms. The van der Waals surface area contributed by atoms with Gasteiger partial charge < -0.3 is 9.26 Å². The van der Waals surface area contributed by atoms with Crippen molar-refractivity contribution in [3.8, 4) is 5.75 Å². The molecule has 26 heavy (non-hydrogen) atoms. The van der Waals surface area contributed by atoms with Crippen LogP contribution < -0.4 is 15.0 Å². The van der Waals surface area contributed by atoms with Gasteiger partial charge in [-0.2, -0.15) is 0 Å². The number of hydrogen-bond acceptors (Lipinski definition) is 6. The molecule has 0 aromatic carbocycles. The van der Waals surface area contributed by atoms with Gasteiger partial charge >= 0.3 is 0 Å². The van der Waals surface area contributed by atoms with Gasteiger partial charge in [-0.25, -0.2) is 4.98 Å². The van der Waals surface area contributed by atoms with E-state index in [0.29, 0.717) is 18.0 Å². The Morgan fingerprint density at radius 2 is 2.15 bits per heavy atom. The standard InChI is InChI=1S/C18H22N4O4/c1-18(2,3)13-9-15(26-21-13)20-17(24)12-6-8-16(23)22(12)14-7-5-11(25-4)10-19-14/h5,7,9-10,12H,6,8H2,1-4H3,(H,20,24)/t12-/m0/s1. The Kier molecular flexibility index (Phi) is 4.67. The van der Waals surface area contributed by atoms with Crippen molar-refractivity contribution >= 4 is 23.5 Å². The number of methoxy groups -OCH3 is 1. The molecule has 2 aromatic rings. The molecule has 0 radical (unpaired) electrons. The SMILES string of the molecule is COc1ccc(N2C(=O)CC[C@H]2C(=O)Nc2cc(C(C)(C)C)no2)nc1. The highest BCUT2D eigenvalue weighted by atomic mass is 16.5. The van der Waals surface area contributed by atoms with E-state index in [4.69, 9.17) is 9.26 Å². The minimum absolute atomic E-state index is 0.143. The normalized spacial score (nSPS) is 17.5. The van der Waals surface area contributed by atoms with Crippen molar-refractivity contribution in [3.63, 3.8) is 0 Å². The molecular weight excluding hydrogens is 336 g/mol. The van der Waals surface area contributed by atoms with Gasteiger partial charge in [0.15, 0.2) is 0 Å². The lowest BCUT2D eigenvalue weighted by Gasteiger charge is -2.22. The van der Waals surface area contributed by atoms with E-state index in [9.17, 15) is 9.59 Å². The number of anilines is 2. The smallest absolute Gasteiger partial charge is 0.250 e. The molecule has 1 atom stereocenters. The highest BCUT2D eigenvalue weighted by Crippen LogP contribution is 2.28. The van der Waals surface area contributed by atoms with Gasteiger partial charge in [0.05, 0.1) is 19.0 Å². The number of ether oxygens (including phenoxy) is 1. The third-order valence-corrected chi connectivity index (χ3v) is 4.24. The van der Waals surface area contributed by atoms with Crippen LogP contribution in [0.1, 0.15) is 39.3 Å². The zero-order valence-corrected chi connectivity index (χ0v) is 15.3. The van der Waals surface area contributed by atoms with Crippen LogP contribution in [0.4, 0.5) is 11.7 Å². The predicted octanol–water partition coefficient (Wildman–Crippen LogP) is 2.51. The van der Waals surface area contributed by atoms with Crippen molar-refractivity contribution < 1.29 is 18.8 Å². The number of carbonyl (C=O) groups is 2. The molecule has 1 saturated heterocycles. The van der Waals surface area contributed by atoms with Crippen molar-refractivity contribution in [2.45, 2.75) is 45.1 Å². The summed E-state index contributed by atoms with van der Waals surface area (Å²) < 4.78 is 10.3. The fourth-order valence-corrected chi connectivity index (χ4v) is 2.75. The number of amides is 2. The van der Waals surface area contributed by atoms with E-state index in [2.05, 4.69) is 15.5 Å². The zero-order chi connectivity index (χ0) is 18.9. The van der Waals surface area contributed by atoms with E-state index < -0.39 is 6.04 Å². The highest BCUT2D eigenvalue weighted by Gasteiger charge is 2.38. The molecule has 3 heterocycles. The van der Waals surface area contributed by atoms with Gasteiger partial charge in [-0.15, -0.1) is 0 Å². The van der Waals surface area contributed by atoms with Crippen LogP contribution in [0.3, 0.4) is 0 Å². The lowest BCUT2D eigenvalue weighted by molar-refractivity contribution is -0.120. The lowest BCUT2D eigenvalue weighted by atomic mass is 9.92. The first-order valence-corrected chi connectivity index (χ1v) is 8.40. The number of carbonyl (C=O) groups excluding carboxylic acids is 2. The second kappa shape index (κ2) is 6.78. The molecule has 0 spiro atoms. The van der Waals surface area contributed by atoms with E-state index >= 15 is 0 Å². The summed E-state index contributed by atoms with van der Waals surface area (Å²) in [6, 6.07) is 4.42. The maximum absolute atomic E-state index is 12.7. The maximum Gasteiger partial charge on any atom is 0.250 e. The largest absolute Gasteiger partial charge is 0.495 e. The van der Waals surface area contributed by atoms with Crippen molar-refractivity contribution in [2.75, 3.05) is 17.3 Å². The first kappa shape index (κ1) is 17.9. The van der Waals surface area contributed by atoms with E-state index in [1.165, 1.54) is 18.2 Å². The zero-order valence-electron chi connectivity index (χ0n) is 15.3. The van der Waals surface area contributed by atoms with Gasteiger partial charge in [0.1, 0.15) is 17.6 Å². The molecule has 2 aromatic heterocycles. The molecule has 0 saturated carbocycles. The number of nitrogens with zero attached hydrogens (tertiary/aromatic N) is 3. The molecule has 0 aliphatic carbocycles. The average molecular weight is 358 g/mol. The topological polar surface area (TPSA) is 97.6 Å². The van der Waals surface area contributed by atoms with Crippen molar-refractivity contribution in [1.29, 1.82) is 0 Å². The van der Waals surface area contributed by atoms with Crippen LogP contribution in [0.15, 0.2) is 28.9 Å². The van der Waals surface area contributed by atoms with Gasteiger partial charge in [0.2, 0.25) is 17.7 Å². The Morgan fingerprint density at radius 1 is 1.38 bits per heavy atom. The van der Waals surface area contributed by atoms with Gasteiger partial charge in [0.25, 0.3) is 0 Å². The molecule has 1 aliphatic rings. The molecule has 138 valence electrons. The molecule has 0 bridgehead atoms. The summed E-state index contributed by atoms with van der Waals surface area (Å²) in [5, 5.41) is 6.69. The van der Waals surface area contributed by atoms with Gasteiger partial charge in [-0.05, 0) is 18.6 Å². The van der Waals surface area contributed by atoms with Crippen LogP contribution in [0.2, 0.25) is 0 Å². The second-order valence-electron chi connectivity index (χ2n) is 7.19. The first-order chi connectivity index (χ1) is 12.3. The molecule has 0 unspecified atom stereocenters. The van der Waals surface area contributed by atoms with Crippen LogP contribution in [0, 0.1) is 0 Å². The van der Waals surface area contributed by atoms with E-state index in [0.717, 1.165) is 5.69 Å². The Labute approximate surface area is 151 Å². The summed E-state index contributed by atoms with van der Waals surface area (Å²) in [4.78, 5) is 30.6. The lowest BCUT2D eigenvalue weighted by Crippen LogP contribution is -2.42. The van der Waals surface area contributed by atoms with Crippen molar-refractivity contribution in [2.24, 2.45) is 0 Å². The molecular formula is C18H22N4O4. The second-order valence-corrected chi connectivity index (χ2v) is 7.19. The fourth-order valence-electron chi connectivity index (χ4n) is 2.75. The molecule has 3 rings (SSSR count). The Hall–Kier alpha value is -2.90. The van der Waals surface area contributed by atoms with Crippen LogP contribution in [-0.2, 0) is 15.0 Å². The summed E-state index contributed by atoms with van der Waals surface area (Å²) in [7, 11) is 1.54. The van der Waals surface area contributed by atoms with Crippen LogP contribution in [-0.4, -0.2) is 35.1 Å². The molecule has 1 fully saturated rings. The predicted molar refractivity (Wildman–Crippen MR) is 95.1 cm³/mol. The number of hydrogen-bond donors (Lipinski definition) is 1. The fraction of sp³-hybridized carbons (Fsp3) is 0.444. The summed E-state index contributed by atoms with van der Waals surface area (Å²) in [6.45, 7) is 6.01. The third kappa shape index (κ3) is 3.54. The molecule has 1 N–H and O–H groups in total. The minimum atomic E-state index is -0.647. The van der Waals surface area contributed by atoms with Crippen molar-refractivity contribution in [1.82, 2.24) is 10.1 Å². The Morgan fingerprint density at radius 3 is 2.73 bits per heavy atom. The summed E-state index contributed by atoms with van der Waals surface area (Å²) in [5.41, 5.74) is 0.554. The number of aromatic nitrogens is 2. The first-order valence-electron chi connectivity index (χ1n) is 8.40. The van der Waals surface area contributed by atoms with E-state index in [1.807, 2.05) is 20.8 Å². The highest BCUT2D eigenvalue weighted by molar-refractivity contribution is 6.06. The summed E-state index contributed by atoms with van der Waals surface area (Å²) in [5.74, 6) is 0.793. The average Bonchev–Trinajstić information content (AvgIpc) is 3.21. The van der Waals surface area contributed by atoms with Crippen molar-refractivity contribution in [3.05, 3.63) is 30.1 Å². The molecule has 8 nitrogen and oxygen atoms in total. The number of nitrogens with one attached hydrogen (secondary N) is 1. The van der Waals surface area contributed by atoms with Crippen LogP contribution >= 0.6 is 0 Å². The minimum Gasteiger partial charge on any atom is -0.495 e.